The molecule has 56 valence electrons. The van der Waals surface area contributed by atoms with Gasteiger partial charge in [-0.1, -0.05) is 0 Å². The summed E-state index contributed by atoms with van der Waals surface area (Å²) in [5.74, 6) is 0. The van der Waals surface area contributed by atoms with Gasteiger partial charge in [-0.15, -0.1) is 0 Å². The van der Waals surface area contributed by atoms with Crippen LogP contribution in [0.15, 0.2) is 0 Å². The fourth-order valence-corrected chi connectivity index (χ4v) is 4.93. The summed E-state index contributed by atoms with van der Waals surface area (Å²) < 4.78 is 0. The van der Waals surface area contributed by atoms with Gasteiger partial charge in [0, 0.05) is 13.9 Å². The molecule has 0 atom stereocenters. The highest BCUT2D eigenvalue weighted by Gasteiger charge is 2.34. The molecule has 1 heterocycles. The van der Waals surface area contributed by atoms with Gasteiger partial charge in [0.25, 0.3) is 0 Å². The maximum absolute atomic E-state index is 8.41. The normalized spacial score (nSPS) is 22.4. The lowest BCUT2D eigenvalue weighted by molar-refractivity contribution is 0.949. The predicted octanol–water partition coefficient (Wildman–Crippen LogP) is 2.34. The average molecular weight is 156 g/mol. The van der Waals surface area contributed by atoms with Crippen LogP contribution < -0.4 is 0 Å². The van der Waals surface area contributed by atoms with Crippen molar-refractivity contribution in [2.45, 2.75) is 19.3 Å². The van der Waals surface area contributed by atoms with Gasteiger partial charge in [0.05, 0.1) is 31.0 Å². The molecule has 10 heavy (non-hydrogen) atoms. The lowest BCUT2D eigenvalue weighted by Crippen LogP contribution is -1.97. The van der Waals surface area contributed by atoms with E-state index in [2.05, 4.69) is 12.7 Å². The van der Waals surface area contributed by atoms with Crippen molar-refractivity contribution in [3.05, 3.63) is 0 Å². The van der Waals surface area contributed by atoms with Crippen molar-refractivity contribution in [1.82, 2.24) is 0 Å². The molecule has 0 amide bonds. The van der Waals surface area contributed by atoms with E-state index >= 15 is 0 Å². The Morgan fingerprint density at radius 3 is 2.50 bits per heavy atom. The zero-order chi connectivity index (χ0) is 7.45. The summed E-state index contributed by atoms with van der Waals surface area (Å²) in [6.45, 7) is 2.43. The van der Waals surface area contributed by atoms with E-state index in [1.54, 1.807) is 0 Å². The highest BCUT2D eigenvalue weighted by molar-refractivity contribution is 7.75. The van der Waals surface area contributed by atoms with Gasteiger partial charge in [0.15, 0.2) is 0 Å². The molecule has 0 bridgehead atoms. The summed E-state index contributed by atoms with van der Waals surface area (Å²) in [5, 5.41) is 8.41. The Hall–Kier alpha value is -0.0800. The van der Waals surface area contributed by atoms with Crippen LogP contribution in [0, 0.1) is 11.3 Å². The van der Waals surface area contributed by atoms with Crippen molar-refractivity contribution in [3.8, 4) is 6.07 Å². The number of nitriles is 1. The maximum Gasteiger partial charge on any atom is 0.0721 e. The third-order valence-electron chi connectivity index (χ3n) is 2.41. The molecular weight excluding hydrogens is 141 g/mol. The summed E-state index contributed by atoms with van der Waals surface area (Å²) in [5.41, 5.74) is 0. The van der Waals surface area contributed by atoms with Crippen molar-refractivity contribution in [3.63, 3.8) is 0 Å². The third-order valence-corrected chi connectivity index (χ3v) is 6.50. The van der Waals surface area contributed by atoms with Crippen LogP contribution in [0.4, 0.5) is 0 Å². The minimum atomic E-state index is -0.559. The Balaban J connectivity index is 2.30. The van der Waals surface area contributed by atoms with Crippen LogP contribution in [0.2, 0.25) is 0 Å². The molecule has 1 aliphatic heterocycles. The van der Waals surface area contributed by atoms with Gasteiger partial charge in [-0.05, 0) is 12.8 Å². The SMILES string of the molecule is C[P+]1(CCC#N)CCCC1. The van der Waals surface area contributed by atoms with Gasteiger partial charge >= 0.3 is 0 Å². The molecule has 0 spiro atoms. The minimum Gasteiger partial charge on any atom is -0.198 e. The molecule has 0 radical (unpaired) electrons. The Labute approximate surface area is 63.8 Å². The Kier molecular flexibility index (Phi) is 2.69. The van der Waals surface area contributed by atoms with Gasteiger partial charge in [0.2, 0.25) is 0 Å². The Bertz CT molecular complexity index is 142. The first-order valence-electron chi connectivity index (χ1n) is 3.97. The van der Waals surface area contributed by atoms with Crippen LogP contribution in [-0.2, 0) is 0 Å². The second kappa shape index (κ2) is 3.35. The molecule has 0 aromatic rings. The molecule has 1 aliphatic rings. The summed E-state index contributed by atoms with van der Waals surface area (Å²) in [4.78, 5) is 0. The molecule has 1 rings (SSSR count). The van der Waals surface area contributed by atoms with Crippen molar-refractivity contribution < 1.29 is 0 Å². The highest BCUT2D eigenvalue weighted by atomic mass is 31.2. The zero-order valence-corrected chi connectivity index (χ0v) is 7.53. The lowest BCUT2D eigenvalue weighted by atomic mass is 10.4. The van der Waals surface area contributed by atoms with Crippen molar-refractivity contribution in [2.75, 3.05) is 25.2 Å². The third kappa shape index (κ3) is 1.96. The summed E-state index contributed by atoms with van der Waals surface area (Å²) in [7, 11) is -0.559. The molecule has 0 saturated carbocycles. The molecule has 1 fully saturated rings. The first kappa shape index (κ1) is 8.02. The molecule has 2 heteroatoms. The van der Waals surface area contributed by atoms with E-state index in [-0.39, 0.29) is 0 Å². The van der Waals surface area contributed by atoms with Crippen LogP contribution >= 0.6 is 7.26 Å². The molecule has 0 aliphatic carbocycles. The second-order valence-electron chi connectivity index (χ2n) is 3.41. The van der Waals surface area contributed by atoms with E-state index in [1.807, 2.05) is 0 Å². The summed E-state index contributed by atoms with van der Waals surface area (Å²) >= 11 is 0. The van der Waals surface area contributed by atoms with Gasteiger partial charge < -0.3 is 0 Å². The van der Waals surface area contributed by atoms with Crippen LogP contribution in [0.3, 0.4) is 0 Å². The molecule has 0 N–H and O–H groups in total. The fraction of sp³-hybridized carbons (Fsp3) is 0.875. The molecular formula is C8H15NP+. The predicted molar refractivity (Wildman–Crippen MR) is 46.9 cm³/mol. The maximum atomic E-state index is 8.41. The summed E-state index contributed by atoms with van der Waals surface area (Å²) in [6, 6.07) is 2.25. The van der Waals surface area contributed by atoms with E-state index in [0.29, 0.717) is 0 Å². The molecule has 1 saturated heterocycles. The first-order chi connectivity index (χ1) is 4.77. The molecule has 0 aromatic heterocycles. The topological polar surface area (TPSA) is 23.8 Å². The summed E-state index contributed by atoms with van der Waals surface area (Å²) in [6.07, 6.45) is 7.78. The van der Waals surface area contributed by atoms with Crippen LogP contribution in [0.1, 0.15) is 19.3 Å². The average Bonchev–Trinajstić information content (AvgIpc) is 2.33. The van der Waals surface area contributed by atoms with E-state index in [1.165, 1.54) is 31.3 Å². The molecule has 1 nitrogen and oxygen atoms in total. The number of hydrogen-bond donors (Lipinski definition) is 0. The van der Waals surface area contributed by atoms with E-state index in [9.17, 15) is 0 Å². The minimum absolute atomic E-state index is 0.559. The Morgan fingerprint density at radius 1 is 1.40 bits per heavy atom. The largest absolute Gasteiger partial charge is 0.198 e. The first-order valence-corrected chi connectivity index (χ1v) is 6.76. The monoisotopic (exact) mass is 156 g/mol. The lowest BCUT2D eigenvalue weighted by Gasteiger charge is -2.13. The number of nitrogens with zero attached hydrogens (tertiary/aromatic N) is 1. The second-order valence-corrected chi connectivity index (χ2v) is 7.99. The quantitative estimate of drug-likeness (QED) is 0.563. The standard InChI is InChI=1S/C8H15NP/c1-10(8-4-5-9)6-2-3-7-10/h2-4,6-8H2,1H3/q+1. The van der Waals surface area contributed by atoms with Crippen molar-refractivity contribution in [2.24, 2.45) is 0 Å². The van der Waals surface area contributed by atoms with Crippen LogP contribution in [0.5, 0.6) is 0 Å². The zero-order valence-electron chi connectivity index (χ0n) is 6.64. The van der Waals surface area contributed by atoms with Gasteiger partial charge in [-0.3, -0.25) is 0 Å². The van der Waals surface area contributed by atoms with Gasteiger partial charge in [0.1, 0.15) is 0 Å². The smallest absolute Gasteiger partial charge is 0.0721 e. The molecule has 0 aromatic carbocycles. The molecule has 0 unspecified atom stereocenters. The highest BCUT2D eigenvalue weighted by Crippen LogP contribution is 2.60. The number of hydrogen-bond acceptors (Lipinski definition) is 1. The van der Waals surface area contributed by atoms with Crippen LogP contribution in [-0.4, -0.2) is 25.2 Å². The van der Waals surface area contributed by atoms with Crippen LogP contribution in [0.25, 0.3) is 0 Å². The van der Waals surface area contributed by atoms with Gasteiger partial charge in [-0.2, -0.15) is 5.26 Å². The fourth-order valence-electron chi connectivity index (χ4n) is 1.64. The van der Waals surface area contributed by atoms with Gasteiger partial charge in [-0.25, -0.2) is 0 Å². The number of rotatable bonds is 2. The van der Waals surface area contributed by atoms with E-state index < -0.39 is 7.26 Å². The van der Waals surface area contributed by atoms with E-state index in [0.717, 1.165) is 6.42 Å². The van der Waals surface area contributed by atoms with Crippen molar-refractivity contribution >= 4 is 7.26 Å². The Morgan fingerprint density at radius 2 is 2.00 bits per heavy atom. The van der Waals surface area contributed by atoms with E-state index in [4.69, 9.17) is 5.26 Å². The van der Waals surface area contributed by atoms with Crippen molar-refractivity contribution in [1.29, 1.82) is 5.26 Å².